The van der Waals surface area contributed by atoms with Gasteiger partial charge in [0.1, 0.15) is 11.6 Å². The molecule has 0 aliphatic carbocycles. The molecular formula is C23H19FN4. The molecule has 0 radical (unpaired) electrons. The van der Waals surface area contributed by atoms with E-state index in [1.807, 2.05) is 54.6 Å². The predicted molar refractivity (Wildman–Crippen MR) is 110 cm³/mol. The van der Waals surface area contributed by atoms with Crippen molar-refractivity contribution in [3.8, 4) is 0 Å². The smallest absolute Gasteiger partial charge is 0.229 e. The number of hydrogen-bond acceptors (Lipinski definition) is 4. The van der Waals surface area contributed by atoms with E-state index in [-0.39, 0.29) is 5.82 Å². The molecule has 0 unspecified atom stereocenters. The zero-order valence-corrected chi connectivity index (χ0v) is 15.2. The van der Waals surface area contributed by atoms with Crippen molar-refractivity contribution in [3.63, 3.8) is 0 Å². The highest BCUT2D eigenvalue weighted by Crippen LogP contribution is 2.26. The second-order valence-corrected chi connectivity index (χ2v) is 6.28. The zero-order chi connectivity index (χ0) is 19.2. The van der Waals surface area contributed by atoms with Crippen LogP contribution in [0.25, 0.3) is 0 Å². The first-order valence-electron chi connectivity index (χ1n) is 9.00. The maximum atomic E-state index is 13.5. The predicted octanol–water partition coefficient (Wildman–Crippen LogP) is 5.70. The monoisotopic (exact) mass is 370 g/mol. The molecule has 0 aliphatic rings. The molecule has 5 heteroatoms. The molecule has 0 atom stereocenters. The number of nitrogens with one attached hydrogen (secondary N) is 1. The summed E-state index contributed by atoms with van der Waals surface area (Å²) in [5, 5.41) is 3.07. The first kappa shape index (κ1) is 17.7. The van der Waals surface area contributed by atoms with Gasteiger partial charge in [0.05, 0.1) is 0 Å². The number of anilines is 4. The second kappa shape index (κ2) is 8.31. The Kier molecular flexibility index (Phi) is 5.24. The van der Waals surface area contributed by atoms with E-state index in [1.165, 1.54) is 17.7 Å². The van der Waals surface area contributed by atoms with Gasteiger partial charge in [0.15, 0.2) is 0 Å². The molecule has 4 rings (SSSR count). The van der Waals surface area contributed by atoms with Crippen LogP contribution in [0.3, 0.4) is 0 Å². The molecule has 4 nitrogen and oxygen atoms in total. The SMILES string of the molecule is Fc1cccc(Nc2nccc(N(Cc3ccccc3)c3ccccc3)n2)c1. The average molecular weight is 370 g/mol. The lowest BCUT2D eigenvalue weighted by Crippen LogP contribution is -2.18. The van der Waals surface area contributed by atoms with E-state index in [2.05, 4.69) is 32.3 Å². The Hall–Kier alpha value is -3.73. The van der Waals surface area contributed by atoms with E-state index < -0.39 is 0 Å². The maximum absolute atomic E-state index is 13.5. The van der Waals surface area contributed by atoms with Crippen LogP contribution in [0.4, 0.5) is 27.5 Å². The van der Waals surface area contributed by atoms with Gasteiger partial charge in [-0.25, -0.2) is 9.37 Å². The number of nitrogens with zero attached hydrogens (tertiary/aromatic N) is 3. The Bertz CT molecular complexity index is 1040. The third-order valence-corrected chi connectivity index (χ3v) is 4.25. The van der Waals surface area contributed by atoms with E-state index in [4.69, 9.17) is 0 Å². The van der Waals surface area contributed by atoms with E-state index in [0.29, 0.717) is 18.2 Å². The molecule has 0 amide bonds. The molecule has 138 valence electrons. The fraction of sp³-hybridized carbons (Fsp3) is 0.0435. The summed E-state index contributed by atoms with van der Waals surface area (Å²) in [4.78, 5) is 11.0. The summed E-state index contributed by atoms with van der Waals surface area (Å²) >= 11 is 0. The number of rotatable bonds is 6. The van der Waals surface area contributed by atoms with Crippen LogP contribution in [-0.2, 0) is 6.54 Å². The molecular weight excluding hydrogens is 351 g/mol. The Labute approximate surface area is 163 Å². The number of benzene rings is 3. The quantitative estimate of drug-likeness (QED) is 0.473. The van der Waals surface area contributed by atoms with Crippen LogP contribution in [0.2, 0.25) is 0 Å². The number of hydrogen-bond donors (Lipinski definition) is 1. The summed E-state index contributed by atoms with van der Waals surface area (Å²) in [5.41, 5.74) is 2.80. The third-order valence-electron chi connectivity index (χ3n) is 4.25. The van der Waals surface area contributed by atoms with Crippen LogP contribution in [0.15, 0.2) is 97.2 Å². The zero-order valence-electron chi connectivity index (χ0n) is 15.2. The lowest BCUT2D eigenvalue weighted by Gasteiger charge is -2.24. The van der Waals surface area contributed by atoms with E-state index in [9.17, 15) is 4.39 Å². The normalized spacial score (nSPS) is 10.5. The molecule has 1 aromatic heterocycles. The highest BCUT2D eigenvalue weighted by Gasteiger charge is 2.12. The molecule has 0 saturated heterocycles. The molecule has 0 fully saturated rings. The molecule has 0 bridgehead atoms. The molecule has 0 aliphatic heterocycles. The molecule has 4 aromatic rings. The Morgan fingerprint density at radius 3 is 2.32 bits per heavy atom. The second-order valence-electron chi connectivity index (χ2n) is 6.28. The van der Waals surface area contributed by atoms with Gasteiger partial charge in [0.2, 0.25) is 5.95 Å². The third kappa shape index (κ3) is 4.32. The molecule has 1 N–H and O–H groups in total. The topological polar surface area (TPSA) is 41.1 Å². The summed E-state index contributed by atoms with van der Waals surface area (Å²) in [7, 11) is 0. The standard InChI is InChI=1S/C23H19FN4/c24-19-10-7-11-20(16-19)26-23-25-15-14-22(27-23)28(21-12-5-2-6-13-21)17-18-8-3-1-4-9-18/h1-16H,17H2,(H,25,26,27). The highest BCUT2D eigenvalue weighted by atomic mass is 19.1. The van der Waals surface area contributed by atoms with Gasteiger partial charge in [0, 0.05) is 24.1 Å². The number of para-hydroxylation sites is 1. The van der Waals surface area contributed by atoms with Gasteiger partial charge in [0.25, 0.3) is 0 Å². The summed E-state index contributed by atoms with van der Waals surface area (Å²) in [6, 6.07) is 28.4. The van der Waals surface area contributed by atoms with Crippen LogP contribution >= 0.6 is 0 Å². The van der Waals surface area contributed by atoms with Crippen molar-refractivity contribution in [2.75, 3.05) is 10.2 Å². The fourth-order valence-electron chi connectivity index (χ4n) is 2.93. The highest BCUT2D eigenvalue weighted by molar-refractivity contribution is 5.62. The molecule has 3 aromatic carbocycles. The van der Waals surface area contributed by atoms with Crippen LogP contribution in [0.1, 0.15) is 5.56 Å². The van der Waals surface area contributed by atoms with Crippen molar-refractivity contribution in [1.29, 1.82) is 0 Å². The molecule has 0 spiro atoms. The molecule has 28 heavy (non-hydrogen) atoms. The van der Waals surface area contributed by atoms with Gasteiger partial charge >= 0.3 is 0 Å². The summed E-state index contributed by atoms with van der Waals surface area (Å²) in [6.07, 6.45) is 1.70. The summed E-state index contributed by atoms with van der Waals surface area (Å²) in [6.45, 7) is 0.668. The molecule has 1 heterocycles. The Morgan fingerprint density at radius 2 is 1.57 bits per heavy atom. The maximum Gasteiger partial charge on any atom is 0.229 e. The number of halogens is 1. The van der Waals surface area contributed by atoms with Gasteiger partial charge in [-0.15, -0.1) is 0 Å². The Balaban J connectivity index is 1.66. The Morgan fingerprint density at radius 1 is 0.821 bits per heavy atom. The minimum absolute atomic E-state index is 0.309. The van der Waals surface area contributed by atoms with E-state index in [0.717, 1.165) is 11.5 Å². The average Bonchev–Trinajstić information content (AvgIpc) is 2.74. The number of aromatic nitrogens is 2. The van der Waals surface area contributed by atoms with E-state index >= 15 is 0 Å². The van der Waals surface area contributed by atoms with Gasteiger partial charge in [-0.3, -0.25) is 0 Å². The summed E-state index contributed by atoms with van der Waals surface area (Å²) in [5.74, 6) is 0.859. The van der Waals surface area contributed by atoms with Gasteiger partial charge < -0.3 is 10.2 Å². The lowest BCUT2D eigenvalue weighted by molar-refractivity contribution is 0.628. The molecule has 0 saturated carbocycles. The minimum Gasteiger partial charge on any atom is -0.324 e. The first-order chi connectivity index (χ1) is 13.8. The van der Waals surface area contributed by atoms with Crippen molar-refractivity contribution >= 4 is 23.1 Å². The van der Waals surface area contributed by atoms with Crippen LogP contribution in [0, 0.1) is 5.82 Å². The van der Waals surface area contributed by atoms with Crippen molar-refractivity contribution in [2.45, 2.75) is 6.54 Å². The van der Waals surface area contributed by atoms with Crippen LogP contribution < -0.4 is 10.2 Å². The van der Waals surface area contributed by atoms with Crippen molar-refractivity contribution in [3.05, 3.63) is 109 Å². The van der Waals surface area contributed by atoms with Crippen LogP contribution in [-0.4, -0.2) is 9.97 Å². The van der Waals surface area contributed by atoms with Crippen LogP contribution in [0.5, 0.6) is 0 Å². The lowest BCUT2D eigenvalue weighted by atomic mass is 10.2. The minimum atomic E-state index is -0.309. The van der Waals surface area contributed by atoms with Crippen molar-refractivity contribution in [1.82, 2.24) is 9.97 Å². The van der Waals surface area contributed by atoms with Gasteiger partial charge in [-0.1, -0.05) is 54.6 Å². The van der Waals surface area contributed by atoms with Gasteiger partial charge in [-0.05, 0) is 42.0 Å². The first-order valence-corrected chi connectivity index (χ1v) is 9.00. The van der Waals surface area contributed by atoms with Crippen molar-refractivity contribution in [2.24, 2.45) is 0 Å². The summed E-state index contributed by atoms with van der Waals surface area (Å²) < 4.78 is 13.5. The fourth-order valence-corrected chi connectivity index (χ4v) is 2.93. The van der Waals surface area contributed by atoms with E-state index in [1.54, 1.807) is 18.3 Å². The van der Waals surface area contributed by atoms with Crippen molar-refractivity contribution < 1.29 is 4.39 Å². The largest absolute Gasteiger partial charge is 0.324 e. The van der Waals surface area contributed by atoms with Gasteiger partial charge in [-0.2, -0.15) is 4.98 Å².